The summed E-state index contributed by atoms with van der Waals surface area (Å²) in [5.74, 6) is 0.784. The lowest BCUT2D eigenvalue weighted by atomic mass is 10.0. The molecule has 1 fully saturated rings. The molecule has 1 atom stereocenters. The second-order valence-corrected chi connectivity index (χ2v) is 6.61. The van der Waals surface area contributed by atoms with Gasteiger partial charge in [-0.25, -0.2) is 0 Å². The third kappa shape index (κ3) is 4.49. The van der Waals surface area contributed by atoms with Gasteiger partial charge in [0.25, 0.3) is 0 Å². The van der Waals surface area contributed by atoms with Crippen LogP contribution in [0.15, 0.2) is 24.3 Å². The van der Waals surface area contributed by atoms with Crippen LogP contribution >= 0.6 is 11.8 Å². The van der Waals surface area contributed by atoms with E-state index in [1.54, 1.807) is 0 Å². The summed E-state index contributed by atoms with van der Waals surface area (Å²) in [6.07, 6.45) is 0.960. The molecule has 1 aliphatic heterocycles. The monoisotopic (exact) mass is 306 g/mol. The lowest BCUT2D eigenvalue weighted by Gasteiger charge is -2.20. The summed E-state index contributed by atoms with van der Waals surface area (Å²) < 4.78 is 0. The number of benzene rings is 1. The van der Waals surface area contributed by atoms with E-state index in [4.69, 9.17) is 0 Å². The van der Waals surface area contributed by atoms with Gasteiger partial charge in [0.1, 0.15) is 0 Å². The van der Waals surface area contributed by atoms with E-state index in [-0.39, 0.29) is 18.4 Å². The number of hydrogen-bond donors (Lipinski definition) is 1. The first-order valence-electron chi connectivity index (χ1n) is 7.27. The third-order valence-electron chi connectivity index (χ3n) is 3.72. The van der Waals surface area contributed by atoms with Gasteiger partial charge in [0, 0.05) is 31.0 Å². The molecule has 0 spiro atoms. The first kappa shape index (κ1) is 15.9. The van der Waals surface area contributed by atoms with Gasteiger partial charge < -0.3 is 10.2 Å². The van der Waals surface area contributed by atoms with Crippen molar-refractivity contribution >= 4 is 23.6 Å². The number of carbonyl (C=O) groups excluding carboxylic acids is 2. The molecule has 0 aromatic heterocycles. The highest BCUT2D eigenvalue weighted by molar-refractivity contribution is 7.99. The topological polar surface area (TPSA) is 49.4 Å². The molecule has 0 saturated carbocycles. The quantitative estimate of drug-likeness (QED) is 0.931. The Bertz CT molecular complexity index is 519. The summed E-state index contributed by atoms with van der Waals surface area (Å²) in [5, 5.41) is 3.03. The van der Waals surface area contributed by atoms with Gasteiger partial charge in [0.2, 0.25) is 11.8 Å². The summed E-state index contributed by atoms with van der Waals surface area (Å²) in [7, 11) is 0. The van der Waals surface area contributed by atoms with Crippen LogP contribution in [0.5, 0.6) is 0 Å². The van der Waals surface area contributed by atoms with Gasteiger partial charge >= 0.3 is 0 Å². The van der Waals surface area contributed by atoms with Crippen LogP contribution < -0.4 is 5.32 Å². The third-order valence-corrected chi connectivity index (χ3v) is 5.03. The molecule has 0 aliphatic carbocycles. The van der Waals surface area contributed by atoms with Crippen LogP contribution in [0.2, 0.25) is 0 Å². The summed E-state index contributed by atoms with van der Waals surface area (Å²) in [6.45, 7) is 5.19. The van der Waals surface area contributed by atoms with E-state index in [0.29, 0.717) is 5.25 Å². The first-order chi connectivity index (χ1) is 10.1. The minimum atomic E-state index is -0.162. The van der Waals surface area contributed by atoms with Gasteiger partial charge in [-0.05, 0) is 24.5 Å². The molecule has 1 N–H and O–H groups in total. The molecule has 2 amide bonds. The zero-order valence-corrected chi connectivity index (χ0v) is 13.4. The van der Waals surface area contributed by atoms with Gasteiger partial charge in [-0.3, -0.25) is 9.59 Å². The number of nitrogens with zero attached hydrogens (tertiary/aromatic N) is 1. The van der Waals surface area contributed by atoms with Crippen LogP contribution in [0.4, 0.5) is 0 Å². The van der Waals surface area contributed by atoms with E-state index in [0.717, 1.165) is 25.3 Å². The van der Waals surface area contributed by atoms with Crippen molar-refractivity contribution in [3.8, 4) is 0 Å². The molecule has 4 nitrogen and oxygen atoms in total. The average molecular weight is 306 g/mol. The van der Waals surface area contributed by atoms with Crippen LogP contribution in [-0.2, 0) is 9.59 Å². The highest BCUT2D eigenvalue weighted by atomic mass is 32.2. The highest BCUT2D eigenvalue weighted by Gasteiger charge is 2.22. The van der Waals surface area contributed by atoms with E-state index in [1.807, 2.05) is 16.7 Å². The Hall–Kier alpha value is -1.49. The molecule has 1 heterocycles. The van der Waals surface area contributed by atoms with Gasteiger partial charge in [0.05, 0.1) is 6.54 Å². The second kappa shape index (κ2) is 7.50. The Morgan fingerprint density at radius 3 is 2.81 bits per heavy atom. The molecule has 1 saturated heterocycles. The van der Waals surface area contributed by atoms with E-state index >= 15 is 0 Å². The van der Waals surface area contributed by atoms with Crippen molar-refractivity contribution in [2.24, 2.45) is 0 Å². The fraction of sp³-hybridized carbons (Fsp3) is 0.500. The summed E-state index contributed by atoms with van der Waals surface area (Å²) in [5.41, 5.74) is 2.69. The van der Waals surface area contributed by atoms with Crippen molar-refractivity contribution in [2.75, 3.05) is 25.4 Å². The van der Waals surface area contributed by atoms with E-state index in [1.165, 1.54) is 18.1 Å². The van der Waals surface area contributed by atoms with Crippen molar-refractivity contribution in [1.29, 1.82) is 0 Å². The summed E-state index contributed by atoms with van der Waals surface area (Å²) >= 11 is 1.92. The largest absolute Gasteiger partial charge is 0.347 e. The van der Waals surface area contributed by atoms with Gasteiger partial charge in [0.15, 0.2) is 0 Å². The van der Waals surface area contributed by atoms with Crippen molar-refractivity contribution in [2.45, 2.75) is 25.5 Å². The Morgan fingerprint density at radius 1 is 1.33 bits per heavy atom. The maximum atomic E-state index is 12.1. The number of thioether (sulfide) groups is 1. The second-order valence-electron chi connectivity index (χ2n) is 5.30. The van der Waals surface area contributed by atoms with Crippen molar-refractivity contribution in [1.82, 2.24) is 10.2 Å². The molecule has 1 aliphatic rings. The molecule has 5 heteroatoms. The van der Waals surface area contributed by atoms with Crippen molar-refractivity contribution < 1.29 is 9.59 Å². The predicted molar refractivity (Wildman–Crippen MR) is 86.3 cm³/mol. The van der Waals surface area contributed by atoms with Crippen LogP contribution in [0, 0.1) is 6.92 Å². The Kier molecular flexibility index (Phi) is 5.67. The molecule has 0 radical (unpaired) electrons. The molecule has 2 rings (SSSR count). The number of rotatable bonds is 3. The molecule has 114 valence electrons. The average Bonchev–Trinajstić information content (AvgIpc) is 2.71. The molecule has 1 aromatic rings. The predicted octanol–water partition coefficient (Wildman–Crippen LogP) is 2.14. The van der Waals surface area contributed by atoms with E-state index in [2.05, 4.69) is 36.5 Å². The Morgan fingerprint density at radius 2 is 2.10 bits per heavy atom. The van der Waals surface area contributed by atoms with Crippen molar-refractivity contribution in [3.63, 3.8) is 0 Å². The lowest BCUT2D eigenvalue weighted by Crippen LogP contribution is -2.40. The standard InChI is InChI=1S/C16H22N2O2S/c1-12-5-3-4-6-14(12)15-7-8-18(9-10-21-15)16(20)11-17-13(2)19/h3-6,15H,7-11H2,1-2H3,(H,17,19). The Balaban J connectivity index is 1.94. The highest BCUT2D eigenvalue weighted by Crippen LogP contribution is 2.35. The molecule has 1 unspecified atom stereocenters. The van der Waals surface area contributed by atoms with Crippen LogP contribution in [0.1, 0.15) is 29.7 Å². The lowest BCUT2D eigenvalue weighted by molar-refractivity contribution is -0.132. The molecule has 21 heavy (non-hydrogen) atoms. The van der Waals surface area contributed by atoms with Gasteiger partial charge in [-0.1, -0.05) is 24.3 Å². The fourth-order valence-electron chi connectivity index (χ4n) is 2.53. The zero-order chi connectivity index (χ0) is 15.2. The number of nitrogens with one attached hydrogen (secondary N) is 1. The number of aryl methyl sites for hydroxylation is 1. The minimum absolute atomic E-state index is 0.0104. The summed E-state index contributed by atoms with van der Waals surface area (Å²) in [6, 6.07) is 8.46. The van der Waals surface area contributed by atoms with Gasteiger partial charge in [-0.15, -0.1) is 0 Å². The fourth-order valence-corrected chi connectivity index (χ4v) is 3.85. The van der Waals surface area contributed by atoms with Crippen LogP contribution in [0.25, 0.3) is 0 Å². The van der Waals surface area contributed by atoms with E-state index < -0.39 is 0 Å². The summed E-state index contributed by atoms with van der Waals surface area (Å²) in [4.78, 5) is 24.8. The maximum Gasteiger partial charge on any atom is 0.241 e. The Labute approximate surface area is 130 Å². The number of amides is 2. The molecular formula is C16H22N2O2S. The molecule has 1 aromatic carbocycles. The SMILES string of the molecule is CC(=O)NCC(=O)N1CCSC(c2ccccc2C)CC1. The van der Waals surface area contributed by atoms with Gasteiger partial charge in [-0.2, -0.15) is 11.8 Å². The maximum absolute atomic E-state index is 12.1. The number of carbonyl (C=O) groups is 2. The minimum Gasteiger partial charge on any atom is -0.347 e. The van der Waals surface area contributed by atoms with E-state index in [9.17, 15) is 9.59 Å². The first-order valence-corrected chi connectivity index (χ1v) is 8.32. The zero-order valence-electron chi connectivity index (χ0n) is 12.6. The van der Waals surface area contributed by atoms with Crippen LogP contribution in [-0.4, -0.2) is 42.1 Å². The molecular weight excluding hydrogens is 284 g/mol. The smallest absolute Gasteiger partial charge is 0.241 e. The molecule has 0 bridgehead atoms. The number of hydrogen-bond acceptors (Lipinski definition) is 3. The van der Waals surface area contributed by atoms with Crippen molar-refractivity contribution in [3.05, 3.63) is 35.4 Å². The normalized spacial score (nSPS) is 19.0. The van der Waals surface area contributed by atoms with Crippen LogP contribution in [0.3, 0.4) is 0 Å².